The number of thiophene rings is 1. The molecule has 4 heteroatoms. The molecule has 0 saturated carbocycles. The molecule has 1 fully saturated rings. The van der Waals surface area contributed by atoms with Crippen LogP contribution in [0.3, 0.4) is 0 Å². The molecule has 1 N–H and O–H groups in total. The van der Waals surface area contributed by atoms with Gasteiger partial charge in [0, 0.05) is 9.75 Å². The molecule has 1 unspecified atom stereocenters. The normalized spacial score (nSPS) is 18.7. The van der Waals surface area contributed by atoms with Gasteiger partial charge in [-0.2, -0.15) is 0 Å². The van der Waals surface area contributed by atoms with E-state index in [0.29, 0.717) is 0 Å². The number of carbonyl (C=O) groups is 1. The summed E-state index contributed by atoms with van der Waals surface area (Å²) in [4.78, 5) is 16.0. The van der Waals surface area contributed by atoms with Crippen LogP contribution in [0.4, 0.5) is 0 Å². The van der Waals surface area contributed by atoms with Crippen molar-refractivity contribution in [2.45, 2.75) is 45.1 Å². The first-order valence-corrected chi connectivity index (χ1v) is 7.56. The predicted molar refractivity (Wildman–Crippen MR) is 74.1 cm³/mol. The molecule has 100 valence electrons. The molecule has 2 heterocycles. The smallest absolute Gasteiger partial charge is 0.305 e. The minimum atomic E-state index is -0.697. The van der Waals surface area contributed by atoms with E-state index < -0.39 is 5.97 Å². The highest BCUT2D eigenvalue weighted by Gasteiger charge is 2.25. The van der Waals surface area contributed by atoms with Gasteiger partial charge in [-0.1, -0.05) is 13.3 Å². The van der Waals surface area contributed by atoms with Crippen molar-refractivity contribution in [3.05, 3.63) is 21.9 Å². The molecule has 18 heavy (non-hydrogen) atoms. The van der Waals surface area contributed by atoms with E-state index in [1.54, 1.807) is 11.3 Å². The first-order valence-electron chi connectivity index (χ1n) is 6.75. The van der Waals surface area contributed by atoms with E-state index in [1.165, 1.54) is 29.0 Å². The van der Waals surface area contributed by atoms with Crippen molar-refractivity contribution in [2.75, 3.05) is 13.1 Å². The molecule has 1 atom stereocenters. The van der Waals surface area contributed by atoms with Crippen LogP contribution in [0.5, 0.6) is 0 Å². The number of nitrogens with zero attached hydrogens (tertiary/aromatic N) is 1. The van der Waals surface area contributed by atoms with Gasteiger partial charge in [-0.15, -0.1) is 11.3 Å². The third-order valence-corrected chi connectivity index (χ3v) is 4.89. The van der Waals surface area contributed by atoms with Crippen molar-refractivity contribution in [2.24, 2.45) is 0 Å². The predicted octanol–water partition coefficient (Wildman–Crippen LogP) is 3.31. The Bertz CT molecular complexity index is 396. The quantitative estimate of drug-likeness (QED) is 0.889. The van der Waals surface area contributed by atoms with Crippen molar-refractivity contribution in [3.63, 3.8) is 0 Å². The van der Waals surface area contributed by atoms with Crippen LogP contribution in [0.2, 0.25) is 0 Å². The van der Waals surface area contributed by atoms with Crippen LogP contribution < -0.4 is 0 Å². The van der Waals surface area contributed by atoms with Crippen LogP contribution >= 0.6 is 11.3 Å². The van der Waals surface area contributed by atoms with Crippen molar-refractivity contribution < 1.29 is 9.90 Å². The maximum atomic E-state index is 11.1. The maximum absolute atomic E-state index is 11.1. The van der Waals surface area contributed by atoms with E-state index >= 15 is 0 Å². The van der Waals surface area contributed by atoms with Gasteiger partial charge in [-0.25, -0.2) is 0 Å². The second-order valence-corrected chi connectivity index (χ2v) is 6.07. The molecule has 0 amide bonds. The number of carboxylic acid groups (broad SMARTS) is 1. The molecule has 0 spiro atoms. The zero-order valence-corrected chi connectivity index (χ0v) is 11.7. The lowest BCUT2D eigenvalue weighted by Gasteiger charge is -2.33. The summed E-state index contributed by atoms with van der Waals surface area (Å²) in [5.41, 5.74) is 0. The molecular weight excluding hydrogens is 246 g/mol. The molecule has 2 rings (SSSR count). The van der Waals surface area contributed by atoms with Gasteiger partial charge in [-0.3, -0.25) is 9.69 Å². The summed E-state index contributed by atoms with van der Waals surface area (Å²) < 4.78 is 0. The zero-order chi connectivity index (χ0) is 13.0. The molecule has 0 radical (unpaired) electrons. The number of aryl methyl sites for hydroxylation is 1. The van der Waals surface area contributed by atoms with Crippen molar-refractivity contribution in [1.82, 2.24) is 4.90 Å². The highest BCUT2D eigenvalue weighted by atomic mass is 32.1. The Hall–Kier alpha value is -0.870. The Morgan fingerprint density at radius 3 is 2.67 bits per heavy atom. The van der Waals surface area contributed by atoms with Crippen molar-refractivity contribution in [1.29, 1.82) is 0 Å². The van der Waals surface area contributed by atoms with E-state index in [-0.39, 0.29) is 12.5 Å². The standard InChI is InChI=1S/C14H21NO2S/c1-2-11-6-7-13(18-11)12(10-14(16)17)15-8-4-3-5-9-15/h6-7,12H,2-5,8-10H2,1H3,(H,16,17). The SMILES string of the molecule is CCc1ccc(C(CC(=O)O)N2CCCCC2)s1. The molecule has 1 saturated heterocycles. The van der Waals surface area contributed by atoms with Gasteiger partial charge in [-0.05, 0) is 44.5 Å². The van der Waals surface area contributed by atoms with E-state index in [1.807, 2.05) is 0 Å². The van der Waals surface area contributed by atoms with Crippen LogP contribution in [0.15, 0.2) is 12.1 Å². The molecule has 0 aromatic carbocycles. The number of rotatable bonds is 5. The summed E-state index contributed by atoms with van der Waals surface area (Å²) in [6.07, 6.45) is 4.93. The van der Waals surface area contributed by atoms with Gasteiger partial charge in [0.2, 0.25) is 0 Å². The fourth-order valence-electron chi connectivity index (χ4n) is 2.57. The first kappa shape index (κ1) is 13.6. The summed E-state index contributed by atoms with van der Waals surface area (Å²) in [6, 6.07) is 4.33. The van der Waals surface area contributed by atoms with Crippen LogP contribution in [-0.4, -0.2) is 29.1 Å². The third-order valence-electron chi connectivity index (χ3n) is 3.56. The molecule has 1 aromatic heterocycles. The van der Waals surface area contributed by atoms with Crippen LogP contribution in [0, 0.1) is 0 Å². The second kappa shape index (κ2) is 6.34. The zero-order valence-electron chi connectivity index (χ0n) is 10.9. The fraction of sp³-hybridized carbons (Fsp3) is 0.643. The van der Waals surface area contributed by atoms with E-state index in [2.05, 4.69) is 24.0 Å². The van der Waals surface area contributed by atoms with E-state index in [4.69, 9.17) is 5.11 Å². The average Bonchev–Trinajstić information content (AvgIpc) is 2.85. The Balaban J connectivity index is 2.15. The molecule has 1 aliphatic rings. The molecule has 1 aromatic rings. The van der Waals surface area contributed by atoms with E-state index in [9.17, 15) is 4.79 Å². The number of carboxylic acids is 1. The Kier molecular flexibility index (Phi) is 4.78. The minimum Gasteiger partial charge on any atom is -0.481 e. The second-order valence-electron chi connectivity index (χ2n) is 4.87. The van der Waals surface area contributed by atoms with Gasteiger partial charge in [0.15, 0.2) is 0 Å². The van der Waals surface area contributed by atoms with Gasteiger partial charge >= 0.3 is 5.97 Å². The summed E-state index contributed by atoms with van der Waals surface area (Å²) in [5, 5.41) is 9.12. The number of piperidine rings is 1. The topological polar surface area (TPSA) is 40.5 Å². The van der Waals surface area contributed by atoms with E-state index in [0.717, 1.165) is 19.5 Å². The lowest BCUT2D eigenvalue weighted by Crippen LogP contribution is -2.34. The Morgan fingerprint density at radius 1 is 1.39 bits per heavy atom. The fourth-order valence-corrected chi connectivity index (χ4v) is 3.66. The number of aliphatic carboxylic acids is 1. The molecular formula is C14H21NO2S. The largest absolute Gasteiger partial charge is 0.481 e. The Morgan fingerprint density at radius 2 is 2.11 bits per heavy atom. The minimum absolute atomic E-state index is 0.0769. The van der Waals surface area contributed by atoms with Crippen molar-refractivity contribution >= 4 is 17.3 Å². The van der Waals surface area contributed by atoms with Gasteiger partial charge < -0.3 is 5.11 Å². The molecule has 0 aliphatic carbocycles. The highest BCUT2D eigenvalue weighted by Crippen LogP contribution is 2.32. The molecule has 1 aliphatic heterocycles. The monoisotopic (exact) mass is 267 g/mol. The summed E-state index contributed by atoms with van der Waals surface area (Å²) in [5.74, 6) is -0.697. The summed E-state index contributed by atoms with van der Waals surface area (Å²) in [6.45, 7) is 4.22. The summed E-state index contributed by atoms with van der Waals surface area (Å²) >= 11 is 1.77. The van der Waals surface area contributed by atoms with Crippen LogP contribution in [0.1, 0.15) is 48.4 Å². The number of hydrogen-bond acceptors (Lipinski definition) is 3. The average molecular weight is 267 g/mol. The first-order chi connectivity index (χ1) is 8.70. The molecule has 0 bridgehead atoms. The number of hydrogen-bond donors (Lipinski definition) is 1. The lowest BCUT2D eigenvalue weighted by molar-refractivity contribution is -0.138. The highest BCUT2D eigenvalue weighted by molar-refractivity contribution is 7.12. The summed E-state index contributed by atoms with van der Waals surface area (Å²) in [7, 11) is 0. The van der Waals surface area contributed by atoms with Gasteiger partial charge in [0.05, 0.1) is 12.5 Å². The van der Waals surface area contributed by atoms with Crippen LogP contribution in [0.25, 0.3) is 0 Å². The molecule has 3 nitrogen and oxygen atoms in total. The van der Waals surface area contributed by atoms with Gasteiger partial charge in [0.1, 0.15) is 0 Å². The maximum Gasteiger partial charge on any atom is 0.305 e. The number of likely N-dealkylation sites (tertiary alicyclic amines) is 1. The van der Waals surface area contributed by atoms with Gasteiger partial charge in [0.25, 0.3) is 0 Å². The lowest BCUT2D eigenvalue weighted by atomic mass is 10.0. The Labute approximate surface area is 112 Å². The van der Waals surface area contributed by atoms with Crippen molar-refractivity contribution in [3.8, 4) is 0 Å². The third kappa shape index (κ3) is 3.33. The van der Waals surface area contributed by atoms with Crippen LogP contribution in [-0.2, 0) is 11.2 Å².